The molecule has 0 aliphatic carbocycles. The van der Waals surface area contributed by atoms with E-state index in [2.05, 4.69) is 10.6 Å². The summed E-state index contributed by atoms with van der Waals surface area (Å²) in [6.45, 7) is 4.17. The van der Waals surface area contributed by atoms with Gasteiger partial charge in [-0.25, -0.2) is 0 Å². The maximum absolute atomic E-state index is 11.6. The van der Waals surface area contributed by atoms with E-state index >= 15 is 0 Å². The molecule has 0 unspecified atom stereocenters. The highest BCUT2D eigenvalue weighted by molar-refractivity contribution is 5.76. The number of rotatable bonds is 6. The Morgan fingerprint density at radius 3 is 2.75 bits per heavy atom. The molecule has 1 fully saturated rings. The van der Waals surface area contributed by atoms with E-state index < -0.39 is 0 Å². The Kier molecular flexibility index (Phi) is 6.42. The zero-order chi connectivity index (χ0) is 11.8. The van der Waals surface area contributed by atoms with Gasteiger partial charge >= 0.3 is 0 Å². The minimum Gasteiger partial charge on any atom is -0.394 e. The minimum absolute atomic E-state index is 0.0373. The van der Waals surface area contributed by atoms with Gasteiger partial charge in [0, 0.05) is 6.42 Å². The summed E-state index contributed by atoms with van der Waals surface area (Å²) >= 11 is 0. The fourth-order valence-corrected chi connectivity index (χ4v) is 2.08. The highest BCUT2D eigenvalue weighted by atomic mass is 16.3. The molecule has 4 heteroatoms. The molecule has 0 aromatic rings. The zero-order valence-electron chi connectivity index (χ0n) is 10.2. The van der Waals surface area contributed by atoms with Crippen LogP contribution in [0.3, 0.4) is 0 Å². The molecule has 0 spiro atoms. The number of carbonyl (C=O) groups excluding carboxylic acids is 1. The predicted molar refractivity (Wildman–Crippen MR) is 64.1 cm³/mol. The second kappa shape index (κ2) is 7.63. The summed E-state index contributed by atoms with van der Waals surface area (Å²) in [6, 6.07) is -0.0690. The second-order valence-corrected chi connectivity index (χ2v) is 4.59. The van der Waals surface area contributed by atoms with Crippen molar-refractivity contribution in [3.05, 3.63) is 0 Å². The van der Waals surface area contributed by atoms with Crippen molar-refractivity contribution in [2.75, 3.05) is 19.7 Å². The third-order valence-corrected chi connectivity index (χ3v) is 3.32. The van der Waals surface area contributed by atoms with Crippen LogP contribution < -0.4 is 10.6 Å². The van der Waals surface area contributed by atoms with Crippen LogP contribution in [0.25, 0.3) is 0 Å². The van der Waals surface area contributed by atoms with Crippen molar-refractivity contribution in [3.63, 3.8) is 0 Å². The van der Waals surface area contributed by atoms with Gasteiger partial charge in [0.1, 0.15) is 0 Å². The average Bonchev–Trinajstić information content (AvgIpc) is 2.34. The average molecular weight is 228 g/mol. The Bertz CT molecular complexity index is 199. The number of carbonyl (C=O) groups is 1. The molecule has 0 aromatic carbocycles. The highest BCUT2D eigenvalue weighted by Gasteiger charge is 2.15. The van der Waals surface area contributed by atoms with Crippen LogP contribution in [0.1, 0.15) is 39.0 Å². The van der Waals surface area contributed by atoms with Crippen LogP contribution in [0, 0.1) is 5.92 Å². The first-order valence-corrected chi connectivity index (χ1v) is 6.37. The molecule has 1 atom stereocenters. The van der Waals surface area contributed by atoms with Crippen molar-refractivity contribution in [1.29, 1.82) is 0 Å². The summed E-state index contributed by atoms with van der Waals surface area (Å²) in [7, 11) is 0. The number of piperidine rings is 1. The molecule has 1 rings (SSSR count). The quantitative estimate of drug-likeness (QED) is 0.625. The van der Waals surface area contributed by atoms with Crippen molar-refractivity contribution >= 4 is 5.91 Å². The van der Waals surface area contributed by atoms with Crippen molar-refractivity contribution in [1.82, 2.24) is 10.6 Å². The van der Waals surface area contributed by atoms with Crippen LogP contribution in [-0.2, 0) is 4.79 Å². The number of hydrogen-bond acceptors (Lipinski definition) is 3. The predicted octanol–water partition coefficient (Wildman–Crippen LogP) is 0.653. The van der Waals surface area contributed by atoms with E-state index in [0.29, 0.717) is 12.3 Å². The normalized spacial score (nSPS) is 19.4. The minimum atomic E-state index is -0.0690. The summed E-state index contributed by atoms with van der Waals surface area (Å²) in [5, 5.41) is 15.1. The Hall–Kier alpha value is -0.610. The Morgan fingerprint density at radius 2 is 2.19 bits per heavy atom. The fourth-order valence-electron chi connectivity index (χ4n) is 2.08. The zero-order valence-corrected chi connectivity index (χ0v) is 10.2. The lowest BCUT2D eigenvalue weighted by Crippen LogP contribution is -2.37. The summed E-state index contributed by atoms with van der Waals surface area (Å²) in [5.41, 5.74) is 0. The van der Waals surface area contributed by atoms with Gasteiger partial charge < -0.3 is 15.7 Å². The SMILES string of the molecule is CC[C@H](CO)NC(=O)CCC1CCNCC1. The molecule has 0 saturated carbocycles. The molecular formula is C12H24N2O2. The van der Waals surface area contributed by atoms with Gasteiger partial charge in [-0.1, -0.05) is 6.92 Å². The van der Waals surface area contributed by atoms with E-state index in [-0.39, 0.29) is 18.6 Å². The Morgan fingerprint density at radius 1 is 1.50 bits per heavy atom. The molecule has 16 heavy (non-hydrogen) atoms. The first-order chi connectivity index (χ1) is 7.76. The van der Waals surface area contributed by atoms with Gasteiger partial charge in [-0.2, -0.15) is 0 Å². The molecule has 4 nitrogen and oxygen atoms in total. The molecule has 0 bridgehead atoms. The lowest BCUT2D eigenvalue weighted by atomic mass is 9.93. The molecule has 1 amide bonds. The van der Waals surface area contributed by atoms with Gasteiger partial charge in [0.25, 0.3) is 0 Å². The van der Waals surface area contributed by atoms with Crippen molar-refractivity contribution < 1.29 is 9.90 Å². The lowest BCUT2D eigenvalue weighted by molar-refractivity contribution is -0.122. The van der Waals surface area contributed by atoms with E-state index in [0.717, 1.165) is 25.9 Å². The molecule has 1 heterocycles. The number of nitrogens with one attached hydrogen (secondary N) is 2. The van der Waals surface area contributed by atoms with Crippen LogP contribution in [-0.4, -0.2) is 36.8 Å². The van der Waals surface area contributed by atoms with E-state index in [1.807, 2.05) is 6.92 Å². The molecule has 3 N–H and O–H groups in total. The van der Waals surface area contributed by atoms with Gasteiger partial charge in [0.05, 0.1) is 12.6 Å². The van der Waals surface area contributed by atoms with E-state index in [1.165, 1.54) is 12.8 Å². The maximum atomic E-state index is 11.6. The van der Waals surface area contributed by atoms with E-state index in [1.54, 1.807) is 0 Å². The molecule has 1 aliphatic heterocycles. The molecule has 0 aromatic heterocycles. The van der Waals surface area contributed by atoms with Crippen LogP contribution in [0.15, 0.2) is 0 Å². The molecule has 0 radical (unpaired) electrons. The van der Waals surface area contributed by atoms with Gasteiger partial charge in [0.15, 0.2) is 0 Å². The monoisotopic (exact) mass is 228 g/mol. The number of aliphatic hydroxyl groups excluding tert-OH is 1. The highest BCUT2D eigenvalue weighted by Crippen LogP contribution is 2.17. The number of aliphatic hydroxyl groups is 1. The summed E-state index contributed by atoms with van der Waals surface area (Å²) in [5.74, 6) is 0.778. The van der Waals surface area contributed by atoms with E-state index in [9.17, 15) is 4.79 Å². The van der Waals surface area contributed by atoms with Crippen LogP contribution in [0.4, 0.5) is 0 Å². The van der Waals surface area contributed by atoms with Crippen LogP contribution in [0.2, 0.25) is 0 Å². The van der Waals surface area contributed by atoms with E-state index in [4.69, 9.17) is 5.11 Å². The van der Waals surface area contributed by atoms with Crippen molar-refractivity contribution in [3.8, 4) is 0 Å². The topological polar surface area (TPSA) is 61.4 Å². The first-order valence-electron chi connectivity index (χ1n) is 6.37. The molecule has 94 valence electrons. The third kappa shape index (κ3) is 4.94. The van der Waals surface area contributed by atoms with Crippen molar-refractivity contribution in [2.45, 2.75) is 45.1 Å². The third-order valence-electron chi connectivity index (χ3n) is 3.32. The van der Waals surface area contributed by atoms with Gasteiger partial charge in [0.2, 0.25) is 5.91 Å². The second-order valence-electron chi connectivity index (χ2n) is 4.59. The number of amides is 1. The maximum Gasteiger partial charge on any atom is 0.220 e. The standard InChI is InChI=1S/C12H24N2O2/c1-2-11(9-15)14-12(16)4-3-10-5-7-13-8-6-10/h10-11,13,15H,2-9H2,1H3,(H,14,16)/t11-/m1/s1. The molecular weight excluding hydrogens is 204 g/mol. The molecule has 1 saturated heterocycles. The Labute approximate surface area is 97.8 Å². The fraction of sp³-hybridized carbons (Fsp3) is 0.917. The largest absolute Gasteiger partial charge is 0.394 e. The van der Waals surface area contributed by atoms with Gasteiger partial charge in [-0.3, -0.25) is 4.79 Å². The molecule has 1 aliphatic rings. The first kappa shape index (κ1) is 13.5. The number of hydrogen-bond donors (Lipinski definition) is 3. The summed E-state index contributed by atoms with van der Waals surface area (Å²) < 4.78 is 0. The summed E-state index contributed by atoms with van der Waals surface area (Å²) in [4.78, 5) is 11.6. The van der Waals surface area contributed by atoms with Crippen LogP contribution in [0.5, 0.6) is 0 Å². The van der Waals surface area contributed by atoms with Gasteiger partial charge in [-0.05, 0) is 44.7 Å². The van der Waals surface area contributed by atoms with Crippen LogP contribution >= 0.6 is 0 Å². The van der Waals surface area contributed by atoms with Crippen molar-refractivity contribution in [2.24, 2.45) is 5.92 Å². The smallest absolute Gasteiger partial charge is 0.220 e. The lowest BCUT2D eigenvalue weighted by Gasteiger charge is -2.22. The Balaban J connectivity index is 2.13. The van der Waals surface area contributed by atoms with Gasteiger partial charge in [-0.15, -0.1) is 0 Å². The summed E-state index contributed by atoms with van der Waals surface area (Å²) in [6.07, 6.45) is 4.74.